The zero-order valence-electron chi connectivity index (χ0n) is 11.7. The first-order valence-electron chi connectivity index (χ1n) is 6.28. The number of nitrogens with one attached hydrogen (secondary N) is 1. The van der Waals surface area contributed by atoms with Gasteiger partial charge in [-0.15, -0.1) is 0 Å². The number of oxime groups is 1. The summed E-state index contributed by atoms with van der Waals surface area (Å²) < 4.78 is 43.6. The number of rotatable bonds is 6. The van der Waals surface area contributed by atoms with Crippen molar-refractivity contribution in [2.24, 2.45) is 16.8 Å². The van der Waals surface area contributed by atoms with Crippen molar-refractivity contribution in [2.75, 3.05) is 11.9 Å². The lowest BCUT2D eigenvalue weighted by atomic mass is 10.1. The molecule has 1 rings (SSSR count). The van der Waals surface area contributed by atoms with Gasteiger partial charge in [0, 0.05) is 12.2 Å². The molecule has 5 nitrogen and oxygen atoms in total. The fourth-order valence-corrected chi connectivity index (χ4v) is 1.60. The van der Waals surface area contributed by atoms with Crippen molar-refractivity contribution in [3.8, 4) is 5.75 Å². The number of hydrogen-bond donors (Lipinski definition) is 3. The second-order valence-corrected chi connectivity index (χ2v) is 4.69. The molecule has 0 heterocycles. The minimum Gasteiger partial charge on any atom is -0.491 e. The lowest BCUT2D eigenvalue weighted by Crippen LogP contribution is -2.40. The van der Waals surface area contributed by atoms with Crippen LogP contribution in [0.1, 0.15) is 13.8 Å². The summed E-state index contributed by atoms with van der Waals surface area (Å²) in [4.78, 5) is 0. The van der Waals surface area contributed by atoms with E-state index >= 15 is 0 Å². The molecule has 0 bridgehead atoms. The average molecular weight is 305 g/mol. The van der Waals surface area contributed by atoms with Gasteiger partial charge in [0.25, 0.3) is 0 Å². The van der Waals surface area contributed by atoms with E-state index in [2.05, 4.69) is 10.5 Å². The standard InChI is InChI=1S/C13H18F3N3O2/c1-8(2)21-10-5-3-9(4-6-10)18-7-11(12(17)19-20)13(14,15)16/h3-6,8,11,18,20H,7H2,1-2H3,(H2,17,19). The van der Waals surface area contributed by atoms with E-state index in [1.54, 1.807) is 24.3 Å². The summed E-state index contributed by atoms with van der Waals surface area (Å²) >= 11 is 0. The zero-order chi connectivity index (χ0) is 16.0. The maximum atomic E-state index is 12.7. The largest absolute Gasteiger partial charge is 0.491 e. The molecule has 0 saturated carbocycles. The van der Waals surface area contributed by atoms with Crippen molar-refractivity contribution < 1.29 is 23.1 Å². The molecule has 118 valence electrons. The van der Waals surface area contributed by atoms with Gasteiger partial charge in [0.1, 0.15) is 11.7 Å². The number of nitrogens with zero attached hydrogens (tertiary/aromatic N) is 1. The van der Waals surface area contributed by atoms with Crippen LogP contribution in [0.25, 0.3) is 0 Å². The predicted octanol–water partition coefficient (Wildman–Crippen LogP) is 2.81. The number of hydrogen-bond acceptors (Lipinski definition) is 4. The summed E-state index contributed by atoms with van der Waals surface area (Å²) in [5, 5.41) is 13.4. The van der Waals surface area contributed by atoms with Crippen LogP contribution in [0.4, 0.5) is 18.9 Å². The molecule has 0 aliphatic carbocycles. The quantitative estimate of drug-likeness (QED) is 0.327. The van der Waals surface area contributed by atoms with Crippen LogP contribution < -0.4 is 15.8 Å². The van der Waals surface area contributed by atoms with Gasteiger partial charge in [0.15, 0.2) is 5.84 Å². The Balaban J connectivity index is 2.68. The summed E-state index contributed by atoms with van der Waals surface area (Å²) in [6.45, 7) is 3.22. The molecule has 0 spiro atoms. The van der Waals surface area contributed by atoms with Crippen molar-refractivity contribution in [1.82, 2.24) is 0 Å². The van der Waals surface area contributed by atoms with E-state index in [9.17, 15) is 13.2 Å². The third-order valence-electron chi connectivity index (χ3n) is 2.60. The van der Waals surface area contributed by atoms with Crippen LogP contribution in [0.3, 0.4) is 0 Å². The number of anilines is 1. The van der Waals surface area contributed by atoms with Crippen molar-refractivity contribution >= 4 is 11.5 Å². The summed E-state index contributed by atoms with van der Waals surface area (Å²) in [7, 11) is 0. The van der Waals surface area contributed by atoms with Gasteiger partial charge in [-0.25, -0.2) is 0 Å². The number of ether oxygens (including phenoxy) is 1. The molecule has 0 saturated heterocycles. The summed E-state index contributed by atoms with van der Waals surface area (Å²) in [5.74, 6) is -2.32. The number of alkyl halides is 3. The van der Waals surface area contributed by atoms with Crippen LogP contribution in [0.5, 0.6) is 5.75 Å². The molecule has 1 unspecified atom stereocenters. The summed E-state index contributed by atoms with van der Waals surface area (Å²) in [6, 6.07) is 6.48. The highest BCUT2D eigenvalue weighted by Crippen LogP contribution is 2.27. The van der Waals surface area contributed by atoms with Gasteiger partial charge in [-0.3, -0.25) is 0 Å². The van der Waals surface area contributed by atoms with Crippen LogP contribution in [-0.2, 0) is 0 Å². The normalized spacial score (nSPS) is 14.1. The lowest BCUT2D eigenvalue weighted by molar-refractivity contribution is -0.152. The Bertz CT molecular complexity index is 473. The van der Waals surface area contributed by atoms with E-state index in [0.29, 0.717) is 11.4 Å². The fraction of sp³-hybridized carbons (Fsp3) is 0.462. The molecule has 0 aromatic heterocycles. The van der Waals surface area contributed by atoms with Crippen molar-refractivity contribution in [2.45, 2.75) is 26.1 Å². The highest BCUT2D eigenvalue weighted by molar-refractivity contribution is 5.83. The Hall–Kier alpha value is -2.12. The molecule has 1 aromatic carbocycles. The monoisotopic (exact) mass is 305 g/mol. The van der Waals surface area contributed by atoms with Crippen LogP contribution in [0.15, 0.2) is 29.4 Å². The Morgan fingerprint density at radius 3 is 2.33 bits per heavy atom. The minimum atomic E-state index is -4.59. The Labute approximate surface area is 120 Å². The average Bonchev–Trinajstić information content (AvgIpc) is 2.38. The van der Waals surface area contributed by atoms with Gasteiger partial charge in [0.05, 0.1) is 6.10 Å². The SMILES string of the molecule is CC(C)Oc1ccc(NCC(/C(N)=N/O)C(F)(F)F)cc1. The number of benzene rings is 1. The minimum absolute atomic E-state index is 0.0129. The maximum Gasteiger partial charge on any atom is 0.400 e. The Morgan fingerprint density at radius 1 is 1.33 bits per heavy atom. The van der Waals surface area contributed by atoms with Gasteiger partial charge >= 0.3 is 6.18 Å². The molecule has 21 heavy (non-hydrogen) atoms. The second kappa shape index (κ2) is 7.05. The van der Waals surface area contributed by atoms with Crippen molar-refractivity contribution in [1.29, 1.82) is 0 Å². The maximum absolute atomic E-state index is 12.7. The van der Waals surface area contributed by atoms with Crippen LogP contribution in [0, 0.1) is 5.92 Å². The molecular formula is C13H18F3N3O2. The summed E-state index contributed by atoms with van der Waals surface area (Å²) in [5.41, 5.74) is 5.54. The summed E-state index contributed by atoms with van der Waals surface area (Å²) in [6.07, 6.45) is -4.58. The van der Waals surface area contributed by atoms with E-state index < -0.39 is 24.5 Å². The number of halogens is 3. The molecule has 0 amide bonds. The van der Waals surface area contributed by atoms with Crippen molar-refractivity contribution in [3.63, 3.8) is 0 Å². The molecule has 0 radical (unpaired) electrons. The number of nitrogens with two attached hydrogens (primary N) is 1. The third kappa shape index (κ3) is 5.41. The molecule has 8 heteroatoms. The highest BCUT2D eigenvalue weighted by atomic mass is 19.4. The predicted molar refractivity (Wildman–Crippen MR) is 73.6 cm³/mol. The van der Waals surface area contributed by atoms with Gasteiger partial charge in [-0.05, 0) is 38.1 Å². The first kappa shape index (κ1) is 16.9. The zero-order valence-corrected chi connectivity index (χ0v) is 11.7. The molecule has 1 atom stereocenters. The molecule has 4 N–H and O–H groups in total. The highest BCUT2D eigenvalue weighted by Gasteiger charge is 2.42. The van der Waals surface area contributed by atoms with E-state index in [4.69, 9.17) is 15.7 Å². The van der Waals surface area contributed by atoms with Gasteiger partial charge in [-0.1, -0.05) is 5.16 Å². The van der Waals surface area contributed by atoms with Gasteiger partial charge in [0.2, 0.25) is 0 Å². The molecule has 0 fully saturated rings. The lowest BCUT2D eigenvalue weighted by Gasteiger charge is -2.20. The van der Waals surface area contributed by atoms with Crippen LogP contribution in [0.2, 0.25) is 0 Å². The Kier molecular flexibility index (Phi) is 5.69. The van der Waals surface area contributed by atoms with E-state index in [1.807, 2.05) is 13.8 Å². The second-order valence-electron chi connectivity index (χ2n) is 4.69. The molecule has 1 aromatic rings. The van der Waals surface area contributed by atoms with Gasteiger partial charge < -0.3 is 21.0 Å². The van der Waals surface area contributed by atoms with Crippen LogP contribution >= 0.6 is 0 Å². The number of amidine groups is 1. The third-order valence-corrected chi connectivity index (χ3v) is 2.60. The molecular weight excluding hydrogens is 287 g/mol. The first-order valence-corrected chi connectivity index (χ1v) is 6.28. The first-order chi connectivity index (χ1) is 9.74. The van der Waals surface area contributed by atoms with Crippen LogP contribution in [-0.4, -0.2) is 29.9 Å². The Morgan fingerprint density at radius 2 is 1.90 bits per heavy atom. The fourth-order valence-electron chi connectivity index (χ4n) is 1.60. The molecule has 0 aliphatic rings. The van der Waals surface area contributed by atoms with E-state index in [1.165, 1.54) is 0 Å². The van der Waals surface area contributed by atoms with Crippen molar-refractivity contribution in [3.05, 3.63) is 24.3 Å². The topological polar surface area (TPSA) is 79.9 Å². The van der Waals surface area contributed by atoms with Gasteiger partial charge in [-0.2, -0.15) is 13.2 Å². The van der Waals surface area contributed by atoms with E-state index in [-0.39, 0.29) is 6.10 Å². The molecule has 0 aliphatic heterocycles. The van der Waals surface area contributed by atoms with E-state index in [0.717, 1.165) is 0 Å². The smallest absolute Gasteiger partial charge is 0.400 e.